The Morgan fingerprint density at radius 3 is 2.62 bits per heavy atom. The third kappa shape index (κ3) is 3.20. The van der Waals surface area contributed by atoms with Crippen molar-refractivity contribution < 1.29 is 17.9 Å². The van der Waals surface area contributed by atoms with E-state index in [1.807, 2.05) is 0 Å². The van der Waals surface area contributed by atoms with Gasteiger partial charge in [0.1, 0.15) is 4.83 Å². The van der Waals surface area contributed by atoms with Crippen molar-refractivity contribution in [3.8, 4) is 0 Å². The lowest BCUT2D eigenvalue weighted by molar-refractivity contribution is -0.139. The second-order valence-corrected chi connectivity index (χ2v) is 6.38. The van der Waals surface area contributed by atoms with Crippen LogP contribution in [0.1, 0.15) is 10.4 Å². The van der Waals surface area contributed by atoms with Crippen LogP contribution in [-0.2, 0) is 18.6 Å². The average molecular weight is 328 g/mol. The Morgan fingerprint density at radius 1 is 1.50 bits per heavy atom. The molecule has 1 rings (SSSR count). The van der Waals surface area contributed by atoms with Crippen LogP contribution in [0.4, 0.5) is 0 Å². The van der Waals surface area contributed by atoms with E-state index in [0.29, 0.717) is 5.56 Å². The first-order chi connectivity index (χ1) is 7.36. The molecule has 0 fully saturated rings. The van der Waals surface area contributed by atoms with Gasteiger partial charge in [-0.3, -0.25) is 4.79 Å². The second-order valence-electron chi connectivity index (χ2n) is 2.90. The van der Waals surface area contributed by atoms with Gasteiger partial charge >= 0.3 is 5.97 Å². The minimum Gasteiger partial charge on any atom is -0.468 e. The van der Waals surface area contributed by atoms with Crippen molar-refractivity contribution in [1.82, 2.24) is 0 Å². The molecule has 7 heteroatoms. The van der Waals surface area contributed by atoms with Gasteiger partial charge in [-0.25, -0.2) is 8.42 Å². The molecular formula is C9H8BrClO4S. The summed E-state index contributed by atoms with van der Waals surface area (Å²) < 4.78 is 26.7. The largest absolute Gasteiger partial charge is 0.468 e. The van der Waals surface area contributed by atoms with Gasteiger partial charge in [0, 0.05) is 10.7 Å². The number of carbonyl (C=O) groups excluding carboxylic acids is 1. The van der Waals surface area contributed by atoms with E-state index in [9.17, 15) is 13.2 Å². The number of halogens is 2. The maximum absolute atomic E-state index is 11.2. The third-order valence-electron chi connectivity index (χ3n) is 1.84. The Labute approximate surface area is 106 Å². The van der Waals surface area contributed by atoms with Crippen molar-refractivity contribution in [1.29, 1.82) is 0 Å². The highest BCUT2D eigenvalue weighted by atomic mass is 79.9. The molecule has 0 aliphatic rings. The van der Waals surface area contributed by atoms with E-state index in [1.54, 1.807) is 6.07 Å². The molecule has 0 saturated carbocycles. The summed E-state index contributed by atoms with van der Waals surface area (Å²) in [7, 11) is 2.65. The van der Waals surface area contributed by atoms with Crippen LogP contribution < -0.4 is 0 Å². The van der Waals surface area contributed by atoms with Gasteiger partial charge in [0.05, 0.1) is 12.0 Å². The molecule has 0 aromatic heterocycles. The molecule has 1 atom stereocenters. The predicted octanol–water partition coefficient (Wildman–Crippen LogP) is 2.22. The van der Waals surface area contributed by atoms with Crippen molar-refractivity contribution >= 4 is 41.6 Å². The van der Waals surface area contributed by atoms with E-state index < -0.39 is 19.8 Å². The molecule has 0 bridgehead atoms. The maximum atomic E-state index is 11.2. The first-order valence-electron chi connectivity index (χ1n) is 4.13. The van der Waals surface area contributed by atoms with Gasteiger partial charge in [0.25, 0.3) is 9.05 Å². The van der Waals surface area contributed by atoms with E-state index in [2.05, 4.69) is 20.7 Å². The van der Waals surface area contributed by atoms with Gasteiger partial charge in [0.15, 0.2) is 0 Å². The van der Waals surface area contributed by atoms with Crippen LogP contribution in [0.3, 0.4) is 0 Å². The summed E-state index contributed by atoms with van der Waals surface area (Å²) in [5, 5.41) is 0. The van der Waals surface area contributed by atoms with Crippen LogP contribution in [0.5, 0.6) is 0 Å². The summed E-state index contributed by atoms with van der Waals surface area (Å²) in [6.07, 6.45) is 0. The molecule has 0 amide bonds. The lowest BCUT2D eigenvalue weighted by Crippen LogP contribution is -2.08. The van der Waals surface area contributed by atoms with Crippen molar-refractivity contribution in [3.63, 3.8) is 0 Å². The molecule has 1 unspecified atom stereocenters. The highest BCUT2D eigenvalue weighted by Crippen LogP contribution is 2.26. The summed E-state index contributed by atoms with van der Waals surface area (Å²) in [6, 6.07) is 5.77. The normalized spacial score (nSPS) is 13.2. The van der Waals surface area contributed by atoms with Crippen LogP contribution in [0.15, 0.2) is 29.2 Å². The smallest absolute Gasteiger partial charge is 0.323 e. The van der Waals surface area contributed by atoms with E-state index in [0.717, 1.165) is 0 Å². The van der Waals surface area contributed by atoms with E-state index in [1.165, 1.54) is 25.3 Å². The zero-order valence-electron chi connectivity index (χ0n) is 8.18. The first-order valence-corrected chi connectivity index (χ1v) is 7.35. The Kier molecular flexibility index (Phi) is 4.35. The molecule has 0 radical (unpaired) electrons. The molecule has 0 heterocycles. The fourth-order valence-electron chi connectivity index (χ4n) is 1.06. The van der Waals surface area contributed by atoms with Crippen molar-refractivity contribution in [2.45, 2.75) is 9.72 Å². The summed E-state index contributed by atoms with van der Waals surface area (Å²) in [5.41, 5.74) is 0.466. The topological polar surface area (TPSA) is 60.4 Å². The number of rotatable bonds is 3. The van der Waals surface area contributed by atoms with Gasteiger partial charge in [0.2, 0.25) is 0 Å². The van der Waals surface area contributed by atoms with Crippen LogP contribution in [0.2, 0.25) is 0 Å². The van der Waals surface area contributed by atoms with Gasteiger partial charge in [-0.1, -0.05) is 28.1 Å². The Bertz CT molecular complexity index is 500. The second kappa shape index (κ2) is 5.16. The summed E-state index contributed by atoms with van der Waals surface area (Å²) in [6.45, 7) is 0. The molecule has 1 aromatic rings. The minimum atomic E-state index is -3.79. The summed E-state index contributed by atoms with van der Waals surface area (Å²) in [5.74, 6) is -0.510. The standard InChI is InChI=1S/C9H8BrClO4S/c1-15-9(12)8(10)6-3-2-4-7(5-6)16(11,13)14/h2-5,8H,1H3. The van der Waals surface area contributed by atoms with Crippen LogP contribution in [0, 0.1) is 0 Å². The van der Waals surface area contributed by atoms with E-state index >= 15 is 0 Å². The maximum Gasteiger partial charge on any atom is 0.323 e. The van der Waals surface area contributed by atoms with Gasteiger partial charge in [-0.2, -0.15) is 0 Å². The minimum absolute atomic E-state index is 0.0555. The van der Waals surface area contributed by atoms with Crippen molar-refractivity contribution in [2.75, 3.05) is 7.11 Å². The number of esters is 1. The highest BCUT2D eigenvalue weighted by molar-refractivity contribution is 9.09. The molecule has 16 heavy (non-hydrogen) atoms. The first kappa shape index (κ1) is 13.5. The SMILES string of the molecule is COC(=O)C(Br)c1cccc(S(=O)(=O)Cl)c1. The van der Waals surface area contributed by atoms with E-state index in [-0.39, 0.29) is 4.90 Å². The Hall–Kier alpha value is -0.590. The van der Waals surface area contributed by atoms with Crippen LogP contribution >= 0.6 is 26.6 Å². The number of ether oxygens (including phenoxy) is 1. The Morgan fingerprint density at radius 2 is 2.12 bits per heavy atom. The molecule has 0 aliphatic heterocycles. The van der Waals surface area contributed by atoms with Crippen LogP contribution in [-0.4, -0.2) is 21.5 Å². The molecule has 1 aromatic carbocycles. The quantitative estimate of drug-likeness (QED) is 0.485. The van der Waals surface area contributed by atoms with Crippen molar-refractivity contribution in [3.05, 3.63) is 29.8 Å². The lowest BCUT2D eigenvalue weighted by atomic mass is 10.1. The fraction of sp³-hybridized carbons (Fsp3) is 0.222. The number of carbonyl (C=O) groups is 1. The fourth-order valence-corrected chi connectivity index (χ4v) is 2.34. The molecule has 4 nitrogen and oxygen atoms in total. The highest BCUT2D eigenvalue weighted by Gasteiger charge is 2.19. The zero-order chi connectivity index (χ0) is 12.3. The number of alkyl halides is 1. The zero-order valence-corrected chi connectivity index (χ0v) is 11.3. The number of benzene rings is 1. The predicted molar refractivity (Wildman–Crippen MR) is 63.2 cm³/mol. The molecule has 88 valence electrons. The number of methoxy groups -OCH3 is 1. The monoisotopic (exact) mass is 326 g/mol. The van der Waals surface area contributed by atoms with Gasteiger partial charge < -0.3 is 4.74 Å². The van der Waals surface area contributed by atoms with Crippen molar-refractivity contribution in [2.24, 2.45) is 0 Å². The lowest BCUT2D eigenvalue weighted by Gasteiger charge is -2.08. The summed E-state index contributed by atoms with van der Waals surface area (Å²) >= 11 is 3.10. The van der Waals surface area contributed by atoms with Crippen LogP contribution in [0.25, 0.3) is 0 Å². The molecule has 0 N–H and O–H groups in total. The summed E-state index contributed by atoms with van der Waals surface area (Å²) in [4.78, 5) is 10.5. The van der Waals surface area contributed by atoms with E-state index in [4.69, 9.17) is 10.7 Å². The number of hydrogen-bond donors (Lipinski definition) is 0. The number of hydrogen-bond acceptors (Lipinski definition) is 4. The third-order valence-corrected chi connectivity index (χ3v) is 4.09. The average Bonchev–Trinajstić information content (AvgIpc) is 2.26. The molecule has 0 aliphatic carbocycles. The van der Waals surface area contributed by atoms with Gasteiger partial charge in [-0.15, -0.1) is 0 Å². The Balaban J connectivity index is 3.13. The molecule has 0 spiro atoms. The molecule has 0 saturated heterocycles. The molecular weight excluding hydrogens is 320 g/mol. The van der Waals surface area contributed by atoms with Gasteiger partial charge in [-0.05, 0) is 17.7 Å².